The molecule has 0 fully saturated rings. The summed E-state index contributed by atoms with van der Waals surface area (Å²) in [6.07, 6.45) is 7.30. The van der Waals surface area contributed by atoms with Crippen LogP contribution in [0.2, 0.25) is 0 Å². The minimum absolute atomic E-state index is 0.174. The summed E-state index contributed by atoms with van der Waals surface area (Å²) in [6, 6.07) is 15.6. The predicted octanol–water partition coefficient (Wildman–Crippen LogP) is 6.24. The van der Waals surface area contributed by atoms with Gasteiger partial charge in [0.1, 0.15) is 0 Å². The van der Waals surface area contributed by atoms with Gasteiger partial charge in [-0.25, -0.2) is 0 Å². The van der Waals surface area contributed by atoms with Gasteiger partial charge in [-0.3, -0.25) is 0 Å². The summed E-state index contributed by atoms with van der Waals surface area (Å²) in [5, 5.41) is 8.20. The van der Waals surface area contributed by atoms with E-state index in [1.807, 2.05) is 6.08 Å². The summed E-state index contributed by atoms with van der Waals surface area (Å²) in [5.74, 6) is 0.279. The highest BCUT2D eigenvalue weighted by atomic mass is 15.1. The Bertz CT molecular complexity index is 1110. The third-order valence-electron chi connectivity index (χ3n) is 6.97. The highest BCUT2D eigenvalue weighted by Crippen LogP contribution is 2.50. The lowest BCUT2D eigenvalue weighted by atomic mass is 9.69. The molecule has 29 heavy (non-hydrogen) atoms. The zero-order valence-corrected chi connectivity index (χ0v) is 17.7. The van der Waals surface area contributed by atoms with Gasteiger partial charge in [0.15, 0.2) is 0 Å². The maximum Gasteiger partial charge on any atom is 0.0543 e. The van der Waals surface area contributed by atoms with Crippen LogP contribution in [0.15, 0.2) is 71.8 Å². The number of hydrogen-bond donors (Lipinski definition) is 1. The fourth-order valence-corrected chi connectivity index (χ4v) is 5.12. The van der Waals surface area contributed by atoms with Gasteiger partial charge in [0, 0.05) is 25.2 Å². The molecule has 0 amide bonds. The average molecular weight is 381 g/mol. The molecule has 1 atom stereocenters. The zero-order chi connectivity index (χ0) is 20.3. The number of benzene rings is 2. The molecule has 1 aliphatic heterocycles. The summed E-state index contributed by atoms with van der Waals surface area (Å²) < 4.78 is 0. The van der Waals surface area contributed by atoms with Gasteiger partial charge in [0.25, 0.3) is 0 Å². The number of nitrogens with zero attached hydrogens (tertiary/aromatic N) is 1. The number of hydrogen-bond acceptors (Lipinski definition) is 2. The van der Waals surface area contributed by atoms with Crippen molar-refractivity contribution in [3.05, 3.63) is 94.1 Å². The highest BCUT2D eigenvalue weighted by molar-refractivity contribution is 6.07. The fraction of sp³-hybridized carbons (Fsp3) is 0.296. The highest BCUT2D eigenvalue weighted by Gasteiger charge is 2.35. The second-order valence-electron chi connectivity index (χ2n) is 9.28. The Labute approximate surface area is 173 Å². The Balaban J connectivity index is 1.85. The van der Waals surface area contributed by atoms with Gasteiger partial charge >= 0.3 is 0 Å². The lowest BCUT2D eigenvalue weighted by molar-refractivity contribution is 0.461. The molecule has 5 rings (SSSR count). The van der Waals surface area contributed by atoms with Crippen molar-refractivity contribution < 1.29 is 0 Å². The van der Waals surface area contributed by atoms with E-state index in [0.717, 1.165) is 6.54 Å². The number of allylic oxidation sites excluding steroid dienone is 5. The summed E-state index contributed by atoms with van der Waals surface area (Å²) in [5.41, 5.74) is 11.4. The van der Waals surface area contributed by atoms with E-state index >= 15 is 0 Å². The van der Waals surface area contributed by atoms with Crippen molar-refractivity contribution in [2.24, 2.45) is 0 Å². The van der Waals surface area contributed by atoms with E-state index in [2.05, 4.69) is 87.3 Å². The van der Waals surface area contributed by atoms with Crippen LogP contribution in [-0.2, 0) is 5.41 Å². The van der Waals surface area contributed by atoms with Gasteiger partial charge in [-0.1, -0.05) is 57.2 Å². The molecule has 2 heteroatoms. The normalized spacial score (nSPS) is 22.1. The molecule has 2 nitrogen and oxygen atoms in total. The van der Waals surface area contributed by atoms with E-state index in [-0.39, 0.29) is 11.3 Å². The molecular weight excluding hydrogens is 352 g/mol. The van der Waals surface area contributed by atoms with Crippen molar-refractivity contribution in [1.29, 1.82) is 5.41 Å². The predicted molar refractivity (Wildman–Crippen MR) is 123 cm³/mol. The molecule has 3 aliphatic rings. The van der Waals surface area contributed by atoms with Crippen LogP contribution in [0.1, 0.15) is 55.4 Å². The van der Waals surface area contributed by atoms with Crippen molar-refractivity contribution in [2.75, 3.05) is 18.5 Å². The Morgan fingerprint density at radius 3 is 2.59 bits per heavy atom. The van der Waals surface area contributed by atoms with E-state index in [4.69, 9.17) is 5.41 Å². The molecule has 0 aromatic heterocycles. The largest absolute Gasteiger partial charge is 0.374 e. The van der Waals surface area contributed by atoms with Crippen LogP contribution in [0.25, 0.3) is 5.57 Å². The van der Waals surface area contributed by atoms with Gasteiger partial charge < -0.3 is 10.3 Å². The van der Waals surface area contributed by atoms with E-state index in [0.29, 0.717) is 5.71 Å². The van der Waals surface area contributed by atoms with E-state index in [9.17, 15) is 0 Å². The van der Waals surface area contributed by atoms with Gasteiger partial charge in [0.05, 0.1) is 5.71 Å². The smallest absolute Gasteiger partial charge is 0.0543 e. The maximum absolute atomic E-state index is 8.20. The lowest BCUT2D eigenvalue weighted by Gasteiger charge is -2.41. The topological polar surface area (TPSA) is 27.1 Å². The van der Waals surface area contributed by atoms with Crippen LogP contribution in [0.4, 0.5) is 5.69 Å². The van der Waals surface area contributed by atoms with Gasteiger partial charge in [0.2, 0.25) is 0 Å². The Kier molecular flexibility index (Phi) is 3.96. The molecular formula is C27H28N2. The first-order chi connectivity index (χ1) is 13.9. The maximum atomic E-state index is 8.20. The first-order valence-electron chi connectivity index (χ1n) is 10.5. The first kappa shape index (κ1) is 18.2. The Hall–Kier alpha value is -2.87. The fourth-order valence-electron chi connectivity index (χ4n) is 5.12. The van der Waals surface area contributed by atoms with E-state index in [1.165, 1.54) is 51.1 Å². The van der Waals surface area contributed by atoms with Crippen molar-refractivity contribution >= 4 is 17.0 Å². The van der Waals surface area contributed by atoms with Crippen LogP contribution < -0.4 is 4.90 Å². The van der Waals surface area contributed by atoms with Crippen LogP contribution in [0.5, 0.6) is 0 Å². The molecule has 146 valence electrons. The second-order valence-corrected chi connectivity index (χ2v) is 9.28. The average Bonchev–Trinajstić information content (AvgIpc) is 2.72. The quantitative estimate of drug-likeness (QED) is 0.623. The summed E-state index contributed by atoms with van der Waals surface area (Å²) in [4.78, 5) is 2.41. The molecule has 1 unspecified atom stereocenters. The van der Waals surface area contributed by atoms with Crippen LogP contribution >= 0.6 is 0 Å². The minimum atomic E-state index is 0.174. The Morgan fingerprint density at radius 1 is 1.07 bits per heavy atom. The van der Waals surface area contributed by atoms with Crippen molar-refractivity contribution in [2.45, 2.75) is 38.5 Å². The molecule has 1 heterocycles. The minimum Gasteiger partial charge on any atom is -0.374 e. The third kappa shape index (κ3) is 2.73. The number of nitrogens with one attached hydrogen (secondary N) is 1. The summed E-state index contributed by atoms with van der Waals surface area (Å²) in [6.45, 7) is 8.13. The number of fused-ring (bicyclic) bond motifs is 3. The molecule has 2 aromatic carbocycles. The molecule has 2 aliphatic carbocycles. The van der Waals surface area contributed by atoms with Crippen LogP contribution in [0, 0.1) is 5.41 Å². The molecule has 1 N–H and O–H groups in total. The van der Waals surface area contributed by atoms with Gasteiger partial charge in [-0.05, 0) is 75.1 Å². The lowest BCUT2D eigenvalue weighted by Crippen LogP contribution is -2.35. The van der Waals surface area contributed by atoms with E-state index < -0.39 is 0 Å². The molecule has 0 radical (unpaired) electrons. The number of anilines is 1. The standard InChI is InChI=1S/C27H28N2/c1-17-21-14-19(28)10-11-20(21)26(18-8-6-5-7-9-18)23-15-24-25(16-22(17)23)29(4)13-12-27(24,2)3/h5-11,14-17,28H,12-13H2,1-4H3. The molecule has 0 spiro atoms. The van der Waals surface area contributed by atoms with Gasteiger partial charge in [-0.15, -0.1) is 0 Å². The van der Waals surface area contributed by atoms with Crippen molar-refractivity contribution in [1.82, 2.24) is 0 Å². The SMILES string of the molecule is CC1C2=CC(=N)C=CC2=C(c2ccccc2)c2cc3c(cc21)N(C)CCC3(C)C. The monoisotopic (exact) mass is 380 g/mol. The van der Waals surface area contributed by atoms with Crippen molar-refractivity contribution in [3.8, 4) is 0 Å². The summed E-state index contributed by atoms with van der Waals surface area (Å²) in [7, 11) is 2.21. The second kappa shape index (κ2) is 6.32. The molecule has 0 bridgehead atoms. The number of rotatable bonds is 1. The van der Waals surface area contributed by atoms with Crippen LogP contribution in [-0.4, -0.2) is 19.3 Å². The molecule has 0 saturated heterocycles. The van der Waals surface area contributed by atoms with Crippen molar-refractivity contribution in [3.63, 3.8) is 0 Å². The van der Waals surface area contributed by atoms with Crippen LogP contribution in [0.3, 0.4) is 0 Å². The summed E-state index contributed by atoms with van der Waals surface area (Å²) >= 11 is 0. The third-order valence-corrected chi connectivity index (χ3v) is 6.97. The Morgan fingerprint density at radius 2 is 1.83 bits per heavy atom. The molecule has 2 aromatic rings. The van der Waals surface area contributed by atoms with E-state index in [1.54, 1.807) is 0 Å². The molecule has 0 saturated carbocycles. The zero-order valence-electron chi connectivity index (χ0n) is 17.7. The first-order valence-corrected chi connectivity index (χ1v) is 10.5. The van der Waals surface area contributed by atoms with Gasteiger partial charge in [-0.2, -0.15) is 0 Å².